The molecule has 1 unspecified atom stereocenters. The highest BCUT2D eigenvalue weighted by Crippen LogP contribution is 2.30. The summed E-state index contributed by atoms with van der Waals surface area (Å²) in [5.74, 6) is -0.328. The summed E-state index contributed by atoms with van der Waals surface area (Å²) < 4.78 is 13.9. The molecule has 3 heteroatoms. The highest BCUT2D eigenvalue weighted by molar-refractivity contribution is 6.30. The second kappa shape index (κ2) is 4.86. The van der Waals surface area contributed by atoms with E-state index < -0.39 is 0 Å². The number of halogens is 2. The largest absolute Gasteiger partial charge is 0.324 e. The SMILES string of the molecule is CC(N)c1ccccc1-c1ccc(Cl)cc1F. The van der Waals surface area contributed by atoms with Gasteiger partial charge in [-0.15, -0.1) is 0 Å². The number of benzene rings is 2. The fraction of sp³-hybridized carbons (Fsp3) is 0.143. The Morgan fingerprint density at radius 3 is 2.47 bits per heavy atom. The van der Waals surface area contributed by atoms with E-state index in [1.54, 1.807) is 12.1 Å². The Balaban J connectivity index is 2.60. The van der Waals surface area contributed by atoms with E-state index in [4.69, 9.17) is 17.3 Å². The second-order valence-corrected chi connectivity index (χ2v) is 4.44. The molecule has 0 radical (unpaired) electrons. The highest BCUT2D eigenvalue weighted by Gasteiger charge is 2.11. The van der Waals surface area contributed by atoms with E-state index >= 15 is 0 Å². The predicted molar refractivity (Wildman–Crippen MR) is 69.4 cm³/mol. The average molecular weight is 250 g/mol. The summed E-state index contributed by atoms with van der Waals surface area (Å²) >= 11 is 5.74. The fourth-order valence-electron chi connectivity index (χ4n) is 1.85. The van der Waals surface area contributed by atoms with Crippen molar-refractivity contribution in [2.45, 2.75) is 13.0 Å². The van der Waals surface area contributed by atoms with Gasteiger partial charge in [-0.1, -0.05) is 35.9 Å². The molecule has 0 saturated carbocycles. The van der Waals surface area contributed by atoms with Gasteiger partial charge in [-0.25, -0.2) is 4.39 Å². The van der Waals surface area contributed by atoms with Crippen LogP contribution in [0.4, 0.5) is 4.39 Å². The topological polar surface area (TPSA) is 26.0 Å². The van der Waals surface area contributed by atoms with E-state index in [0.717, 1.165) is 11.1 Å². The first-order chi connectivity index (χ1) is 8.09. The third kappa shape index (κ3) is 2.48. The Bertz CT molecular complexity index is 537. The van der Waals surface area contributed by atoms with Gasteiger partial charge in [0.1, 0.15) is 5.82 Å². The molecule has 2 aromatic carbocycles. The van der Waals surface area contributed by atoms with Crippen LogP contribution in [-0.2, 0) is 0 Å². The lowest BCUT2D eigenvalue weighted by Gasteiger charge is -2.13. The van der Waals surface area contributed by atoms with Gasteiger partial charge in [0.05, 0.1) is 0 Å². The molecule has 0 heterocycles. The molecule has 2 rings (SSSR count). The van der Waals surface area contributed by atoms with Crippen LogP contribution in [0.1, 0.15) is 18.5 Å². The van der Waals surface area contributed by atoms with Crippen molar-refractivity contribution >= 4 is 11.6 Å². The van der Waals surface area contributed by atoms with Crippen LogP contribution in [0, 0.1) is 5.82 Å². The van der Waals surface area contributed by atoms with Gasteiger partial charge in [0.2, 0.25) is 0 Å². The summed E-state index contributed by atoms with van der Waals surface area (Å²) in [6.07, 6.45) is 0. The molecule has 0 aliphatic rings. The van der Waals surface area contributed by atoms with Crippen molar-refractivity contribution in [3.05, 3.63) is 58.9 Å². The minimum Gasteiger partial charge on any atom is -0.324 e. The lowest BCUT2D eigenvalue weighted by atomic mass is 9.96. The Kier molecular flexibility index (Phi) is 3.46. The highest BCUT2D eigenvalue weighted by atomic mass is 35.5. The maximum atomic E-state index is 13.9. The summed E-state index contributed by atoms with van der Waals surface area (Å²) in [5, 5.41) is 0.393. The molecular formula is C14H13ClFN. The second-order valence-electron chi connectivity index (χ2n) is 4.00. The van der Waals surface area contributed by atoms with Gasteiger partial charge in [0.25, 0.3) is 0 Å². The van der Waals surface area contributed by atoms with Gasteiger partial charge in [0.15, 0.2) is 0 Å². The molecule has 0 saturated heterocycles. The maximum Gasteiger partial charge on any atom is 0.132 e. The van der Waals surface area contributed by atoms with E-state index in [1.807, 2.05) is 31.2 Å². The molecular weight excluding hydrogens is 237 g/mol. The van der Waals surface area contributed by atoms with E-state index in [-0.39, 0.29) is 11.9 Å². The summed E-state index contributed by atoms with van der Waals surface area (Å²) in [7, 11) is 0. The van der Waals surface area contributed by atoms with Crippen molar-refractivity contribution in [3.8, 4) is 11.1 Å². The Hall–Kier alpha value is -1.38. The summed E-state index contributed by atoms with van der Waals surface area (Å²) in [6, 6.07) is 12.1. The summed E-state index contributed by atoms with van der Waals surface area (Å²) in [5.41, 5.74) is 8.15. The molecule has 88 valence electrons. The average Bonchev–Trinajstić information content (AvgIpc) is 2.29. The van der Waals surface area contributed by atoms with E-state index in [1.165, 1.54) is 6.07 Å². The summed E-state index contributed by atoms with van der Waals surface area (Å²) in [4.78, 5) is 0. The first-order valence-corrected chi connectivity index (χ1v) is 5.77. The summed E-state index contributed by atoms with van der Waals surface area (Å²) in [6.45, 7) is 1.88. The molecule has 0 aliphatic carbocycles. The van der Waals surface area contributed by atoms with E-state index in [2.05, 4.69) is 0 Å². The number of rotatable bonds is 2. The molecule has 0 spiro atoms. The fourth-order valence-corrected chi connectivity index (χ4v) is 2.01. The van der Waals surface area contributed by atoms with Crippen molar-refractivity contribution in [2.75, 3.05) is 0 Å². The van der Waals surface area contributed by atoms with Crippen LogP contribution in [0.25, 0.3) is 11.1 Å². The zero-order valence-electron chi connectivity index (χ0n) is 9.45. The maximum absolute atomic E-state index is 13.9. The number of nitrogens with two attached hydrogens (primary N) is 1. The third-order valence-corrected chi connectivity index (χ3v) is 2.91. The van der Waals surface area contributed by atoms with Crippen molar-refractivity contribution in [3.63, 3.8) is 0 Å². The quantitative estimate of drug-likeness (QED) is 0.850. The lowest BCUT2D eigenvalue weighted by Crippen LogP contribution is -2.06. The Morgan fingerprint density at radius 2 is 1.82 bits per heavy atom. The van der Waals surface area contributed by atoms with E-state index in [9.17, 15) is 4.39 Å². The minimum absolute atomic E-state index is 0.138. The van der Waals surface area contributed by atoms with Crippen LogP contribution >= 0.6 is 11.6 Å². The lowest BCUT2D eigenvalue weighted by molar-refractivity contribution is 0.631. The zero-order chi connectivity index (χ0) is 12.4. The van der Waals surface area contributed by atoms with Crippen molar-refractivity contribution in [2.24, 2.45) is 5.73 Å². The molecule has 1 atom stereocenters. The van der Waals surface area contributed by atoms with Crippen molar-refractivity contribution in [1.29, 1.82) is 0 Å². The molecule has 0 fully saturated rings. The molecule has 0 amide bonds. The van der Waals surface area contributed by atoms with Crippen LogP contribution in [0.5, 0.6) is 0 Å². The first kappa shape index (κ1) is 12.1. The van der Waals surface area contributed by atoms with Crippen LogP contribution in [0.3, 0.4) is 0 Å². The van der Waals surface area contributed by atoms with Crippen molar-refractivity contribution in [1.82, 2.24) is 0 Å². The zero-order valence-corrected chi connectivity index (χ0v) is 10.2. The minimum atomic E-state index is -0.328. The molecule has 2 N–H and O–H groups in total. The van der Waals surface area contributed by atoms with Gasteiger partial charge in [-0.2, -0.15) is 0 Å². The number of hydrogen-bond donors (Lipinski definition) is 1. The van der Waals surface area contributed by atoms with Crippen LogP contribution in [0.2, 0.25) is 5.02 Å². The van der Waals surface area contributed by atoms with Gasteiger partial charge in [0, 0.05) is 16.6 Å². The van der Waals surface area contributed by atoms with Gasteiger partial charge in [-0.3, -0.25) is 0 Å². The monoisotopic (exact) mass is 249 g/mol. The Labute approximate surface area is 105 Å². The predicted octanol–water partition coefficient (Wildman–Crippen LogP) is 4.17. The molecule has 1 nitrogen and oxygen atoms in total. The standard InChI is InChI=1S/C14H13ClFN/c1-9(17)11-4-2-3-5-12(11)13-7-6-10(15)8-14(13)16/h2-9H,17H2,1H3. The smallest absolute Gasteiger partial charge is 0.132 e. The normalized spacial score (nSPS) is 12.5. The van der Waals surface area contributed by atoms with E-state index in [0.29, 0.717) is 10.6 Å². The number of hydrogen-bond acceptors (Lipinski definition) is 1. The van der Waals surface area contributed by atoms with Gasteiger partial charge in [-0.05, 0) is 36.2 Å². The molecule has 0 aliphatic heterocycles. The van der Waals surface area contributed by atoms with Crippen molar-refractivity contribution < 1.29 is 4.39 Å². The van der Waals surface area contributed by atoms with Crippen LogP contribution < -0.4 is 5.73 Å². The molecule has 0 bridgehead atoms. The van der Waals surface area contributed by atoms with Crippen LogP contribution in [-0.4, -0.2) is 0 Å². The third-order valence-electron chi connectivity index (χ3n) is 2.67. The Morgan fingerprint density at radius 1 is 1.12 bits per heavy atom. The van der Waals surface area contributed by atoms with Gasteiger partial charge < -0.3 is 5.73 Å². The molecule has 0 aromatic heterocycles. The van der Waals surface area contributed by atoms with Crippen LogP contribution in [0.15, 0.2) is 42.5 Å². The first-order valence-electron chi connectivity index (χ1n) is 5.39. The van der Waals surface area contributed by atoms with Gasteiger partial charge >= 0.3 is 0 Å². The molecule has 17 heavy (non-hydrogen) atoms. The molecule has 2 aromatic rings.